The Labute approximate surface area is 111 Å². The Morgan fingerprint density at radius 1 is 1.50 bits per heavy atom. The molecule has 4 nitrogen and oxygen atoms in total. The van der Waals surface area contributed by atoms with Crippen LogP contribution in [0.2, 0.25) is 0 Å². The number of carbonyl (C=O) groups excluding carboxylic acids is 1. The Morgan fingerprint density at radius 2 is 2.33 bits per heavy atom. The van der Waals surface area contributed by atoms with Gasteiger partial charge in [0.25, 0.3) is 5.91 Å². The van der Waals surface area contributed by atoms with E-state index >= 15 is 0 Å². The molecule has 98 valence electrons. The number of fused-ring (bicyclic) bond motifs is 1. The number of hydrogen-bond acceptors (Lipinski definition) is 4. The first-order valence-electron chi connectivity index (χ1n) is 6.62. The summed E-state index contributed by atoms with van der Waals surface area (Å²) in [4.78, 5) is 19.3. The minimum Gasteiger partial charge on any atom is -0.337 e. The van der Waals surface area contributed by atoms with Gasteiger partial charge in [0.05, 0.1) is 11.2 Å². The maximum Gasteiger partial charge on any atom is 0.265 e. The smallest absolute Gasteiger partial charge is 0.265 e. The number of likely N-dealkylation sites (tertiary alicyclic amines) is 1. The van der Waals surface area contributed by atoms with Crippen LogP contribution in [0.3, 0.4) is 0 Å². The van der Waals surface area contributed by atoms with Crippen molar-refractivity contribution in [3.05, 3.63) is 16.1 Å². The molecule has 1 aliphatic carbocycles. The molecule has 0 radical (unpaired) electrons. The number of thiazole rings is 1. The maximum atomic E-state index is 12.4. The van der Waals surface area contributed by atoms with Gasteiger partial charge in [0, 0.05) is 19.1 Å². The van der Waals surface area contributed by atoms with Gasteiger partial charge in [-0.1, -0.05) is 6.42 Å². The van der Waals surface area contributed by atoms with Crippen LogP contribution in [0.5, 0.6) is 0 Å². The van der Waals surface area contributed by atoms with Gasteiger partial charge in [-0.3, -0.25) is 4.79 Å². The molecule has 5 heteroatoms. The lowest BCUT2D eigenvalue weighted by molar-refractivity contribution is 0.0788. The van der Waals surface area contributed by atoms with Crippen LogP contribution < -0.4 is 5.73 Å². The van der Waals surface area contributed by atoms with E-state index in [1.165, 1.54) is 24.2 Å². The van der Waals surface area contributed by atoms with Crippen molar-refractivity contribution in [2.24, 2.45) is 17.6 Å². The summed E-state index contributed by atoms with van der Waals surface area (Å²) in [6.07, 6.45) is 5.25. The normalized spacial score (nSPS) is 31.4. The van der Waals surface area contributed by atoms with Crippen LogP contribution in [-0.2, 0) is 0 Å². The van der Waals surface area contributed by atoms with Gasteiger partial charge in [0.2, 0.25) is 0 Å². The number of aromatic nitrogens is 1. The lowest BCUT2D eigenvalue weighted by Crippen LogP contribution is -2.38. The van der Waals surface area contributed by atoms with E-state index in [-0.39, 0.29) is 11.9 Å². The van der Waals surface area contributed by atoms with Crippen LogP contribution >= 0.6 is 11.3 Å². The Hall–Kier alpha value is -0.940. The molecule has 3 rings (SSSR count). The first kappa shape index (κ1) is 12.1. The van der Waals surface area contributed by atoms with Gasteiger partial charge in [0.1, 0.15) is 4.88 Å². The second-order valence-electron chi connectivity index (χ2n) is 5.47. The lowest BCUT2D eigenvalue weighted by atomic mass is 9.78. The molecule has 2 N–H and O–H groups in total. The van der Waals surface area contributed by atoms with E-state index in [2.05, 4.69) is 4.98 Å². The summed E-state index contributed by atoms with van der Waals surface area (Å²) in [6.45, 7) is 3.65. The van der Waals surface area contributed by atoms with E-state index in [1.807, 2.05) is 11.8 Å². The monoisotopic (exact) mass is 265 g/mol. The fraction of sp³-hybridized carbons (Fsp3) is 0.692. The number of carbonyl (C=O) groups is 1. The average molecular weight is 265 g/mol. The summed E-state index contributed by atoms with van der Waals surface area (Å²) >= 11 is 1.48. The van der Waals surface area contributed by atoms with Crippen LogP contribution in [0, 0.1) is 18.8 Å². The van der Waals surface area contributed by atoms with Crippen LogP contribution in [0.25, 0.3) is 0 Å². The number of nitrogens with two attached hydrogens (primary N) is 1. The van der Waals surface area contributed by atoms with E-state index in [9.17, 15) is 4.79 Å². The fourth-order valence-electron chi connectivity index (χ4n) is 3.30. The molecule has 1 amide bonds. The molecule has 0 aromatic carbocycles. The third-order valence-electron chi connectivity index (χ3n) is 4.27. The number of aryl methyl sites for hydroxylation is 1. The molecule has 3 unspecified atom stereocenters. The molecule has 2 heterocycles. The quantitative estimate of drug-likeness (QED) is 0.840. The van der Waals surface area contributed by atoms with Gasteiger partial charge in [-0.25, -0.2) is 4.98 Å². The molecule has 3 atom stereocenters. The Morgan fingerprint density at radius 3 is 3.00 bits per heavy atom. The van der Waals surface area contributed by atoms with E-state index < -0.39 is 0 Å². The van der Waals surface area contributed by atoms with Crippen molar-refractivity contribution in [2.75, 3.05) is 13.1 Å². The SMILES string of the molecule is Cc1ncc(C(=O)N2CC3CCCC(N)C3C2)s1. The molecule has 18 heavy (non-hydrogen) atoms. The zero-order valence-electron chi connectivity index (χ0n) is 10.6. The van der Waals surface area contributed by atoms with Crippen molar-refractivity contribution in [3.8, 4) is 0 Å². The largest absolute Gasteiger partial charge is 0.337 e. The minimum absolute atomic E-state index is 0.141. The summed E-state index contributed by atoms with van der Waals surface area (Å²) in [5, 5.41) is 0.951. The van der Waals surface area contributed by atoms with Crippen molar-refractivity contribution in [2.45, 2.75) is 32.2 Å². The zero-order valence-corrected chi connectivity index (χ0v) is 11.4. The van der Waals surface area contributed by atoms with Crippen molar-refractivity contribution in [1.82, 2.24) is 9.88 Å². The lowest BCUT2D eigenvalue weighted by Gasteiger charge is -2.29. The van der Waals surface area contributed by atoms with Gasteiger partial charge in [0.15, 0.2) is 0 Å². The van der Waals surface area contributed by atoms with Gasteiger partial charge < -0.3 is 10.6 Å². The molecule has 0 bridgehead atoms. The van der Waals surface area contributed by atoms with Crippen molar-refractivity contribution >= 4 is 17.2 Å². The second kappa shape index (κ2) is 4.63. The number of rotatable bonds is 1. The van der Waals surface area contributed by atoms with Crippen LogP contribution in [-0.4, -0.2) is 34.9 Å². The summed E-state index contributed by atoms with van der Waals surface area (Å²) in [5.41, 5.74) is 6.18. The van der Waals surface area contributed by atoms with Gasteiger partial charge >= 0.3 is 0 Å². The highest BCUT2D eigenvalue weighted by Gasteiger charge is 2.40. The first-order chi connectivity index (χ1) is 8.65. The second-order valence-corrected chi connectivity index (χ2v) is 6.71. The summed E-state index contributed by atoms with van der Waals surface area (Å²) in [7, 11) is 0. The molecule has 2 aliphatic rings. The summed E-state index contributed by atoms with van der Waals surface area (Å²) in [6, 6.07) is 0.282. The summed E-state index contributed by atoms with van der Waals surface area (Å²) in [5.74, 6) is 1.27. The molecular formula is C13H19N3OS. The minimum atomic E-state index is 0.141. The Balaban J connectivity index is 1.73. The standard InChI is InChI=1S/C13H19N3OS/c1-8-15-5-12(18-8)13(17)16-6-9-3-2-4-11(14)10(9)7-16/h5,9-11H,2-4,6-7,14H2,1H3. The maximum absolute atomic E-state index is 12.4. The van der Waals surface area contributed by atoms with E-state index in [1.54, 1.807) is 6.20 Å². The third-order valence-corrected chi connectivity index (χ3v) is 5.17. The highest BCUT2D eigenvalue weighted by atomic mass is 32.1. The van der Waals surface area contributed by atoms with Crippen molar-refractivity contribution in [1.29, 1.82) is 0 Å². The highest BCUT2D eigenvalue weighted by molar-refractivity contribution is 7.13. The van der Waals surface area contributed by atoms with Crippen molar-refractivity contribution < 1.29 is 4.79 Å². The van der Waals surface area contributed by atoms with Crippen LogP contribution in [0.1, 0.15) is 33.9 Å². The molecule has 0 spiro atoms. The first-order valence-corrected chi connectivity index (χ1v) is 7.44. The number of hydrogen-bond donors (Lipinski definition) is 1. The van der Waals surface area contributed by atoms with Gasteiger partial charge in [-0.15, -0.1) is 11.3 Å². The van der Waals surface area contributed by atoms with Crippen LogP contribution in [0.15, 0.2) is 6.20 Å². The molecule has 2 fully saturated rings. The predicted molar refractivity (Wildman–Crippen MR) is 71.6 cm³/mol. The molecule has 1 saturated heterocycles. The van der Waals surface area contributed by atoms with Crippen molar-refractivity contribution in [3.63, 3.8) is 0 Å². The molecule has 1 aromatic heterocycles. The Bertz CT molecular complexity index is 459. The average Bonchev–Trinajstić information content (AvgIpc) is 2.95. The van der Waals surface area contributed by atoms with E-state index in [0.29, 0.717) is 11.8 Å². The Kier molecular flexibility index (Phi) is 3.11. The fourth-order valence-corrected chi connectivity index (χ4v) is 4.04. The molecular weight excluding hydrogens is 246 g/mol. The molecule has 1 saturated carbocycles. The zero-order chi connectivity index (χ0) is 12.7. The summed E-state index contributed by atoms with van der Waals surface area (Å²) < 4.78 is 0. The van der Waals surface area contributed by atoms with E-state index in [0.717, 1.165) is 29.4 Å². The third kappa shape index (κ3) is 2.06. The highest BCUT2D eigenvalue weighted by Crippen LogP contribution is 2.36. The number of nitrogens with zero attached hydrogens (tertiary/aromatic N) is 2. The van der Waals surface area contributed by atoms with Gasteiger partial charge in [-0.05, 0) is 31.6 Å². The number of amides is 1. The van der Waals surface area contributed by atoms with Crippen LogP contribution in [0.4, 0.5) is 0 Å². The molecule has 1 aromatic rings. The predicted octanol–water partition coefficient (Wildman–Crippen LogP) is 1.65. The van der Waals surface area contributed by atoms with Gasteiger partial charge in [-0.2, -0.15) is 0 Å². The van der Waals surface area contributed by atoms with E-state index in [4.69, 9.17) is 5.73 Å². The molecule has 1 aliphatic heterocycles. The topological polar surface area (TPSA) is 59.2 Å².